The number of esters is 1. The van der Waals surface area contributed by atoms with Crippen LogP contribution in [0.25, 0.3) is 0 Å². The van der Waals surface area contributed by atoms with Crippen molar-refractivity contribution in [2.75, 3.05) is 11.0 Å². The molecule has 0 aromatic carbocycles. The zero-order valence-corrected chi connectivity index (χ0v) is 10.2. The Balaban J connectivity index is 3.45. The lowest BCUT2D eigenvalue weighted by atomic mass is 9.97. The highest BCUT2D eigenvalue weighted by molar-refractivity contribution is 14.1. The largest absolute Gasteiger partial charge is 0.465 e. The van der Waals surface area contributed by atoms with Gasteiger partial charge in [0.15, 0.2) is 0 Å². The first-order valence-corrected chi connectivity index (χ1v) is 5.74. The standard InChI is InChI=1S/C9H17IO2/c1-9(2,3)8(11)12-7-5-4-6-10/h4-7H2,1-3H3. The molecule has 72 valence electrons. The molecule has 0 atom stereocenters. The Bertz CT molecular complexity index is 138. The van der Waals surface area contributed by atoms with E-state index in [1.807, 2.05) is 20.8 Å². The van der Waals surface area contributed by atoms with Gasteiger partial charge in [-0.05, 0) is 38.0 Å². The van der Waals surface area contributed by atoms with E-state index in [1.165, 1.54) is 0 Å². The smallest absolute Gasteiger partial charge is 0.311 e. The molecule has 0 heterocycles. The maximum Gasteiger partial charge on any atom is 0.311 e. The zero-order valence-electron chi connectivity index (χ0n) is 8.02. The van der Waals surface area contributed by atoms with E-state index in [0.717, 1.165) is 17.3 Å². The summed E-state index contributed by atoms with van der Waals surface area (Å²) in [6, 6.07) is 0. The van der Waals surface area contributed by atoms with Gasteiger partial charge in [-0.15, -0.1) is 0 Å². The summed E-state index contributed by atoms with van der Waals surface area (Å²) in [7, 11) is 0. The van der Waals surface area contributed by atoms with Gasteiger partial charge in [0, 0.05) is 0 Å². The minimum Gasteiger partial charge on any atom is -0.465 e. The zero-order chi connectivity index (χ0) is 9.61. The van der Waals surface area contributed by atoms with Crippen molar-refractivity contribution in [3.05, 3.63) is 0 Å². The number of unbranched alkanes of at least 4 members (excludes halogenated alkanes) is 1. The number of hydrogen-bond donors (Lipinski definition) is 0. The predicted molar refractivity (Wildman–Crippen MR) is 58.5 cm³/mol. The molecule has 0 fully saturated rings. The molecule has 0 saturated heterocycles. The van der Waals surface area contributed by atoms with E-state index in [9.17, 15) is 4.79 Å². The quantitative estimate of drug-likeness (QED) is 0.343. The third-order valence-corrected chi connectivity index (χ3v) is 2.14. The summed E-state index contributed by atoms with van der Waals surface area (Å²) in [6.07, 6.45) is 2.10. The first-order valence-electron chi connectivity index (χ1n) is 4.21. The van der Waals surface area contributed by atoms with Crippen molar-refractivity contribution in [1.29, 1.82) is 0 Å². The molecule has 0 aromatic heterocycles. The molecule has 0 bridgehead atoms. The molecular weight excluding hydrogens is 267 g/mol. The first-order chi connectivity index (χ1) is 5.48. The van der Waals surface area contributed by atoms with Crippen LogP contribution in [0, 0.1) is 5.41 Å². The number of ether oxygens (including phenoxy) is 1. The second-order valence-electron chi connectivity index (χ2n) is 3.78. The van der Waals surface area contributed by atoms with E-state index in [1.54, 1.807) is 0 Å². The Morgan fingerprint density at radius 1 is 1.33 bits per heavy atom. The number of halogens is 1. The minimum absolute atomic E-state index is 0.101. The van der Waals surface area contributed by atoms with Gasteiger partial charge in [-0.3, -0.25) is 4.79 Å². The van der Waals surface area contributed by atoms with Crippen LogP contribution in [0.5, 0.6) is 0 Å². The first kappa shape index (κ1) is 12.2. The number of carbonyl (C=O) groups is 1. The average molecular weight is 284 g/mol. The number of rotatable bonds is 4. The Labute approximate surface area is 88.2 Å². The summed E-state index contributed by atoms with van der Waals surface area (Å²) in [5.41, 5.74) is -0.357. The van der Waals surface area contributed by atoms with Crippen molar-refractivity contribution in [1.82, 2.24) is 0 Å². The maximum atomic E-state index is 11.2. The third-order valence-electron chi connectivity index (χ3n) is 1.37. The highest BCUT2D eigenvalue weighted by Gasteiger charge is 2.22. The van der Waals surface area contributed by atoms with Crippen molar-refractivity contribution in [2.24, 2.45) is 5.41 Å². The second kappa shape index (κ2) is 5.78. The van der Waals surface area contributed by atoms with Gasteiger partial charge in [0.05, 0.1) is 12.0 Å². The van der Waals surface area contributed by atoms with Gasteiger partial charge in [-0.1, -0.05) is 22.6 Å². The van der Waals surface area contributed by atoms with E-state index in [-0.39, 0.29) is 11.4 Å². The molecule has 0 spiro atoms. The molecule has 12 heavy (non-hydrogen) atoms. The monoisotopic (exact) mass is 284 g/mol. The highest BCUT2D eigenvalue weighted by Crippen LogP contribution is 2.15. The van der Waals surface area contributed by atoms with Crippen LogP contribution in [0.3, 0.4) is 0 Å². The van der Waals surface area contributed by atoms with Crippen molar-refractivity contribution in [3.63, 3.8) is 0 Å². The van der Waals surface area contributed by atoms with Crippen molar-refractivity contribution >= 4 is 28.6 Å². The van der Waals surface area contributed by atoms with E-state index in [4.69, 9.17) is 4.74 Å². The molecule has 0 aromatic rings. The fourth-order valence-corrected chi connectivity index (χ4v) is 1.12. The van der Waals surface area contributed by atoms with Gasteiger partial charge >= 0.3 is 5.97 Å². The molecule has 0 aliphatic heterocycles. The predicted octanol–water partition coefficient (Wildman–Crippen LogP) is 2.79. The van der Waals surface area contributed by atoms with Crippen LogP contribution in [0.15, 0.2) is 0 Å². The molecule has 3 heteroatoms. The van der Waals surface area contributed by atoms with E-state index in [2.05, 4.69) is 22.6 Å². The summed E-state index contributed by atoms with van der Waals surface area (Å²) < 4.78 is 6.20. The van der Waals surface area contributed by atoms with E-state index >= 15 is 0 Å². The molecule has 0 aliphatic carbocycles. The summed E-state index contributed by atoms with van der Waals surface area (Å²) >= 11 is 2.32. The van der Waals surface area contributed by atoms with Crippen molar-refractivity contribution < 1.29 is 9.53 Å². The van der Waals surface area contributed by atoms with Gasteiger partial charge in [0.1, 0.15) is 0 Å². The lowest BCUT2D eigenvalue weighted by molar-refractivity contribution is -0.153. The van der Waals surface area contributed by atoms with Crippen LogP contribution in [0.4, 0.5) is 0 Å². The molecular formula is C9H17IO2. The minimum atomic E-state index is -0.357. The fourth-order valence-electron chi connectivity index (χ4n) is 0.578. The number of alkyl halides is 1. The topological polar surface area (TPSA) is 26.3 Å². The normalized spacial score (nSPS) is 11.3. The second-order valence-corrected chi connectivity index (χ2v) is 4.86. The van der Waals surface area contributed by atoms with Crippen molar-refractivity contribution in [2.45, 2.75) is 33.6 Å². The average Bonchev–Trinajstić information content (AvgIpc) is 1.96. The Morgan fingerprint density at radius 3 is 2.33 bits per heavy atom. The summed E-state index contributed by atoms with van der Waals surface area (Å²) in [4.78, 5) is 11.2. The molecule has 0 radical (unpaired) electrons. The van der Waals surface area contributed by atoms with Gasteiger partial charge in [0.2, 0.25) is 0 Å². The molecule has 0 aliphatic rings. The summed E-state index contributed by atoms with van der Waals surface area (Å²) in [5, 5.41) is 0. The third kappa shape index (κ3) is 5.80. The molecule has 0 rings (SSSR count). The van der Waals surface area contributed by atoms with Crippen LogP contribution >= 0.6 is 22.6 Å². The lowest BCUT2D eigenvalue weighted by Crippen LogP contribution is -2.23. The number of carbonyl (C=O) groups excluding carboxylic acids is 1. The Morgan fingerprint density at radius 2 is 1.92 bits per heavy atom. The summed E-state index contributed by atoms with van der Waals surface area (Å²) in [5.74, 6) is -0.101. The highest BCUT2D eigenvalue weighted by atomic mass is 127. The summed E-state index contributed by atoms with van der Waals surface area (Å²) in [6.45, 7) is 6.17. The fraction of sp³-hybridized carbons (Fsp3) is 0.889. The lowest BCUT2D eigenvalue weighted by Gasteiger charge is -2.16. The maximum absolute atomic E-state index is 11.2. The molecule has 2 nitrogen and oxygen atoms in total. The Kier molecular flexibility index (Phi) is 5.88. The Hall–Kier alpha value is 0.200. The SMILES string of the molecule is CC(C)(C)C(=O)OCCCCI. The van der Waals surface area contributed by atoms with Gasteiger partial charge in [-0.25, -0.2) is 0 Å². The molecule has 0 unspecified atom stereocenters. The van der Waals surface area contributed by atoms with Crippen LogP contribution in [-0.4, -0.2) is 17.0 Å². The van der Waals surface area contributed by atoms with E-state index < -0.39 is 0 Å². The number of hydrogen-bond acceptors (Lipinski definition) is 2. The van der Waals surface area contributed by atoms with Gasteiger partial charge < -0.3 is 4.74 Å². The van der Waals surface area contributed by atoms with Crippen LogP contribution in [0.2, 0.25) is 0 Å². The van der Waals surface area contributed by atoms with Crippen LogP contribution in [-0.2, 0) is 9.53 Å². The van der Waals surface area contributed by atoms with E-state index in [0.29, 0.717) is 6.61 Å². The van der Waals surface area contributed by atoms with Crippen molar-refractivity contribution in [3.8, 4) is 0 Å². The molecule has 0 amide bonds. The van der Waals surface area contributed by atoms with Crippen LogP contribution < -0.4 is 0 Å². The van der Waals surface area contributed by atoms with Gasteiger partial charge in [-0.2, -0.15) is 0 Å². The molecule has 0 saturated carbocycles. The van der Waals surface area contributed by atoms with Gasteiger partial charge in [0.25, 0.3) is 0 Å². The molecule has 0 N–H and O–H groups in total. The van der Waals surface area contributed by atoms with Crippen LogP contribution in [0.1, 0.15) is 33.6 Å².